The molecule has 162 valence electrons. The van der Waals surface area contributed by atoms with Gasteiger partial charge in [0.1, 0.15) is 0 Å². The molecule has 4 nitrogen and oxygen atoms in total. The minimum atomic E-state index is -0.0693. The van der Waals surface area contributed by atoms with E-state index < -0.39 is 0 Å². The van der Waals surface area contributed by atoms with Gasteiger partial charge in [0.25, 0.3) is 5.91 Å². The molecule has 1 atom stereocenters. The van der Waals surface area contributed by atoms with Crippen molar-refractivity contribution in [3.05, 3.63) is 58.6 Å². The third kappa shape index (κ3) is 4.13. The van der Waals surface area contributed by atoms with Gasteiger partial charge in [-0.3, -0.25) is 9.69 Å². The average molecular weight is 434 g/mol. The number of piperidine rings is 1. The fourth-order valence-corrected chi connectivity index (χ4v) is 6.20. The number of anilines is 1. The van der Waals surface area contributed by atoms with Crippen LogP contribution in [0.15, 0.2) is 42.5 Å². The van der Waals surface area contributed by atoms with Crippen LogP contribution in [0.4, 0.5) is 5.69 Å². The molecule has 5 rings (SSSR count). The maximum Gasteiger partial charge on any atom is 0.255 e. The van der Waals surface area contributed by atoms with Crippen LogP contribution in [0.1, 0.15) is 72.8 Å². The lowest BCUT2D eigenvalue weighted by atomic mass is 9.78. The quantitative estimate of drug-likeness (QED) is 0.519. The van der Waals surface area contributed by atoms with E-state index in [0.29, 0.717) is 11.5 Å². The van der Waals surface area contributed by atoms with Crippen molar-refractivity contribution in [2.24, 2.45) is 0 Å². The summed E-state index contributed by atoms with van der Waals surface area (Å²) in [6.07, 6.45) is 7.42. The summed E-state index contributed by atoms with van der Waals surface area (Å²) in [6, 6.07) is 15.4. The van der Waals surface area contributed by atoms with Crippen molar-refractivity contribution in [3.63, 3.8) is 0 Å². The number of carbonyl (C=O) groups is 1. The molecule has 1 saturated heterocycles. The van der Waals surface area contributed by atoms with E-state index in [1.165, 1.54) is 48.4 Å². The van der Waals surface area contributed by atoms with Gasteiger partial charge in [0.05, 0.1) is 15.2 Å². The van der Waals surface area contributed by atoms with E-state index in [4.69, 9.17) is 4.98 Å². The molecule has 1 N–H and O–H groups in total. The molecule has 0 bridgehead atoms. The molecule has 0 unspecified atom stereocenters. The normalized spacial score (nSPS) is 24.1. The zero-order valence-electron chi connectivity index (χ0n) is 18.4. The first-order valence-electron chi connectivity index (χ1n) is 11.7. The van der Waals surface area contributed by atoms with E-state index in [0.717, 1.165) is 35.3 Å². The van der Waals surface area contributed by atoms with Gasteiger partial charge in [-0.05, 0) is 75.4 Å². The zero-order chi connectivity index (χ0) is 21.4. The SMILES string of the molecule is CCc1ccccc1NC(=O)c1ccc2sc(C3CC(N4CCCC[C@@H]4C)C3)nc2c1. The predicted octanol–water partition coefficient (Wildman–Crippen LogP) is 6.23. The number of nitrogens with zero attached hydrogens (tertiary/aromatic N) is 2. The molecule has 3 aromatic rings. The van der Waals surface area contributed by atoms with Crippen molar-refractivity contribution in [1.29, 1.82) is 0 Å². The fraction of sp³-hybridized carbons (Fsp3) is 0.462. The van der Waals surface area contributed by atoms with Crippen LogP contribution >= 0.6 is 11.3 Å². The summed E-state index contributed by atoms with van der Waals surface area (Å²) in [6.45, 7) is 5.75. The van der Waals surface area contributed by atoms with Gasteiger partial charge in [-0.2, -0.15) is 0 Å². The van der Waals surface area contributed by atoms with Gasteiger partial charge in [-0.25, -0.2) is 4.98 Å². The standard InChI is InChI=1S/C26H31N3OS/c1-3-18-9-4-5-10-22(18)27-25(30)19-11-12-24-23(16-19)28-26(31-24)20-14-21(15-20)29-13-7-6-8-17(29)2/h4-5,9-12,16-17,20-21H,3,6-8,13-15H2,1-2H3,(H,27,30)/t17-,20?,21?/m0/s1. The molecule has 2 aromatic carbocycles. The monoisotopic (exact) mass is 433 g/mol. The number of aromatic nitrogens is 1. The van der Waals surface area contributed by atoms with E-state index in [-0.39, 0.29) is 5.91 Å². The van der Waals surface area contributed by atoms with Crippen molar-refractivity contribution in [2.75, 3.05) is 11.9 Å². The van der Waals surface area contributed by atoms with Gasteiger partial charge in [0.2, 0.25) is 0 Å². The second-order valence-electron chi connectivity index (χ2n) is 9.10. The predicted molar refractivity (Wildman–Crippen MR) is 129 cm³/mol. The Kier molecular flexibility index (Phi) is 5.81. The summed E-state index contributed by atoms with van der Waals surface area (Å²) in [5.41, 5.74) is 3.66. The highest BCUT2D eigenvalue weighted by atomic mass is 32.1. The van der Waals surface area contributed by atoms with Crippen LogP contribution in [-0.4, -0.2) is 34.4 Å². The smallest absolute Gasteiger partial charge is 0.255 e. The van der Waals surface area contributed by atoms with E-state index in [9.17, 15) is 4.79 Å². The Morgan fingerprint density at radius 3 is 2.84 bits per heavy atom. The molecule has 1 amide bonds. The Bertz CT molecular complexity index is 1090. The molecular weight excluding hydrogens is 402 g/mol. The van der Waals surface area contributed by atoms with Gasteiger partial charge in [0, 0.05) is 29.3 Å². The number of aryl methyl sites for hydroxylation is 1. The number of hydrogen-bond donors (Lipinski definition) is 1. The van der Waals surface area contributed by atoms with Crippen LogP contribution in [0.5, 0.6) is 0 Å². The number of rotatable bonds is 5. The molecule has 2 fully saturated rings. The molecule has 1 aromatic heterocycles. The Hall–Kier alpha value is -2.24. The van der Waals surface area contributed by atoms with E-state index in [1.807, 2.05) is 30.3 Å². The average Bonchev–Trinajstić information content (AvgIpc) is 3.17. The van der Waals surface area contributed by atoms with Crippen LogP contribution < -0.4 is 5.32 Å². The minimum absolute atomic E-state index is 0.0693. The number of thiazole rings is 1. The first kappa shape index (κ1) is 20.7. The van der Waals surface area contributed by atoms with E-state index in [2.05, 4.69) is 36.2 Å². The third-order valence-corrected chi connectivity index (χ3v) is 8.30. The number of para-hydroxylation sites is 1. The lowest BCUT2D eigenvalue weighted by molar-refractivity contribution is 0.0480. The number of likely N-dealkylation sites (tertiary alicyclic amines) is 1. The summed E-state index contributed by atoms with van der Waals surface area (Å²) in [4.78, 5) is 20.5. The Morgan fingerprint density at radius 2 is 2.03 bits per heavy atom. The summed E-state index contributed by atoms with van der Waals surface area (Å²) in [5, 5.41) is 4.31. The van der Waals surface area contributed by atoms with Crippen molar-refractivity contribution < 1.29 is 4.79 Å². The number of nitrogens with one attached hydrogen (secondary N) is 1. The lowest BCUT2D eigenvalue weighted by Gasteiger charge is -2.47. The fourth-order valence-electron chi connectivity index (χ4n) is 5.13. The Morgan fingerprint density at radius 1 is 1.19 bits per heavy atom. The largest absolute Gasteiger partial charge is 0.322 e. The van der Waals surface area contributed by atoms with Crippen LogP contribution in [0.25, 0.3) is 10.2 Å². The first-order valence-corrected chi connectivity index (χ1v) is 12.5. The number of hydrogen-bond acceptors (Lipinski definition) is 4. The highest BCUT2D eigenvalue weighted by molar-refractivity contribution is 7.18. The van der Waals surface area contributed by atoms with Gasteiger partial charge in [0.15, 0.2) is 0 Å². The molecule has 1 aliphatic heterocycles. The molecule has 2 aliphatic rings. The van der Waals surface area contributed by atoms with E-state index in [1.54, 1.807) is 11.3 Å². The first-order chi connectivity index (χ1) is 15.1. The van der Waals surface area contributed by atoms with E-state index >= 15 is 0 Å². The molecule has 1 aliphatic carbocycles. The van der Waals surface area contributed by atoms with Crippen LogP contribution in [0.3, 0.4) is 0 Å². The lowest BCUT2D eigenvalue weighted by Crippen LogP contribution is -2.50. The van der Waals surface area contributed by atoms with Gasteiger partial charge < -0.3 is 5.32 Å². The number of benzene rings is 2. The maximum absolute atomic E-state index is 12.8. The number of fused-ring (bicyclic) bond motifs is 1. The zero-order valence-corrected chi connectivity index (χ0v) is 19.3. The highest BCUT2D eigenvalue weighted by Crippen LogP contribution is 2.44. The van der Waals surface area contributed by atoms with Crippen LogP contribution in [-0.2, 0) is 6.42 Å². The molecule has 2 heterocycles. The topological polar surface area (TPSA) is 45.2 Å². The maximum atomic E-state index is 12.8. The minimum Gasteiger partial charge on any atom is -0.322 e. The second kappa shape index (κ2) is 8.71. The van der Waals surface area contributed by atoms with Crippen LogP contribution in [0.2, 0.25) is 0 Å². The molecule has 0 spiro atoms. The summed E-state index contributed by atoms with van der Waals surface area (Å²) >= 11 is 1.80. The van der Waals surface area contributed by atoms with Crippen molar-refractivity contribution in [1.82, 2.24) is 9.88 Å². The Balaban J connectivity index is 1.28. The van der Waals surface area contributed by atoms with Crippen molar-refractivity contribution in [3.8, 4) is 0 Å². The molecule has 0 radical (unpaired) electrons. The second-order valence-corrected chi connectivity index (χ2v) is 10.2. The Labute approximate surface area is 188 Å². The molecule has 5 heteroatoms. The molecule has 1 saturated carbocycles. The number of carbonyl (C=O) groups excluding carboxylic acids is 1. The highest BCUT2D eigenvalue weighted by Gasteiger charge is 2.38. The van der Waals surface area contributed by atoms with Gasteiger partial charge in [-0.1, -0.05) is 31.5 Å². The third-order valence-electron chi connectivity index (χ3n) is 7.10. The summed E-state index contributed by atoms with van der Waals surface area (Å²) in [5.74, 6) is 0.505. The van der Waals surface area contributed by atoms with Gasteiger partial charge >= 0.3 is 0 Å². The summed E-state index contributed by atoms with van der Waals surface area (Å²) < 4.78 is 1.18. The van der Waals surface area contributed by atoms with Crippen molar-refractivity contribution >= 4 is 33.1 Å². The number of amides is 1. The van der Waals surface area contributed by atoms with Crippen molar-refractivity contribution in [2.45, 2.75) is 70.4 Å². The molecule has 31 heavy (non-hydrogen) atoms. The summed E-state index contributed by atoms with van der Waals surface area (Å²) in [7, 11) is 0. The van der Waals surface area contributed by atoms with Gasteiger partial charge in [-0.15, -0.1) is 11.3 Å². The van der Waals surface area contributed by atoms with Crippen LogP contribution in [0, 0.1) is 0 Å². The molecular formula is C26H31N3OS.